The molecule has 0 aliphatic rings. The third-order valence-electron chi connectivity index (χ3n) is 3.12. The molecule has 0 saturated carbocycles. The average Bonchev–Trinajstić information content (AvgIpc) is 2.47. The maximum Gasteiger partial charge on any atom is 0.345 e. The second kappa shape index (κ2) is 4.54. The Hall–Kier alpha value is -2.53. The fourth-order valence-electron chi connectivity index (χ4n) is 2.15. The number of nitrogens with two attached hydrogens (primary N) is 1. The predicted octanol–water partition coefficient (Wildman–Crippen LogP) is 2.70. The molecule has 3 rings (SSSR count). The van der Waals surface area contributed by atoms with E-state index in [-0.39, 0.29) is 11.5 Å². The monoisotopic (exact) mass is 288 g/mol. The van der Waals surface area contributed by atoms with E-state index in [0.717, 1.165) is 4.73 Å². The van der Waals surface area contributed by atoms with Gasteiger partial charge in [-0.05, 0) is 24.3 Å². The van der Waals surface area contributed by atoms with E-state index in [2.05, 4.69) is 0 Å². The summed E-state index contributed by atoms with van der Waals surface area (Å²) in [7, 11) is 0. The zero-order chi connectivity index (χ0) is 14.3. The second-order valence-corrected chi connectivity index (χ2v) is 4.77. The summed E-state index contributed by atoms with van der Waals surface area (Å²) < 4.78 is 1.52. The van der Waals surface area contributed by atoms with E-state index in [0.29, 0.717) is 26.0 Å². The highest BCUT2D eigenvalue weighted by molar-refractivity contribution is 6.30. The van der Waals surface area contributed by atoms with Crippen molar-refractivity contribution in [1.29, 1.82) is 0 Å². The summed E-state index contributed by atoms with van der Waals surface area (Å²) in [5, 5.41) is 10.9. The molecule has 0 unspecified atom stereocenters. The highest BCUT2D eigenvalue weighted by atomic mass is 35.5. The third-order valence-corrected chi connectivity index (χ3v) is 3.37. The number of anilines is 1. The van der Waals surface area contributed by atoms with Crippen LogP contribution in [0.15, 0.2) is 48.5 Å². The molecule has 3 N–H and O–H groups in total. The Kier molecular flexibility index (Phi) is 2.84. The SMILES string of the molecule is Nc1c(-c2ccc(Cl)cc2)n(O)c2ccccc2[n+]1=O. The molecule has 0 radical (unpaired) electrons. The van der Waals surface area contributed by atoms with Crippen molar-refractivity contribution in [2.45, 2.75) is 0 Å². The molecule has 0 aliphatic carbocycles. The lowest BCUT2D eigenvalue weighted by molar-refractivity contribution is -0.447. The molecule has 6 heteroatoms. The molecule has 0 amide bonds. The molecule has 2 aromatic carbocycles. The van der Waals surface area contributed by atoms with Crippen LogP contribution in [-0.4, -0.2) is 9.94 Å². The normalized spacial score (nSPS) is 10.8. The lowest BCUT2D eigenvalue weighted by Gasteiger charge is -2.09. The van der Waals surface area contributed by atoms with Crippen LogP contribution >= 0.6 is 11.6 Å². The molecule has 0 aliphatic heterocycles. The largest absolute Gasteiger partial charge is 0.427 e. The minimum absolute atomic E-state index is 0.0754. The summed E-state index contributed by atoms with van der Waals surface area (Å²) >= 11 is 5.84. The zero-order valence-electron chi connectivity index (χ0n) is 10.3. The minimum Gasteiger partial charge on any atom is -0.427 e. The van der Waals surface area contributed by atoms with Crippen LogP contribution < -0.4 is 10.2 Å². The van der Waals surface area contributed by atoms with Crippen LogP contribution in [0.1, 0.15) is 0 Å². The summed E-state index contributed by atoms with van der Waals surface area (Å²) in [6.07, 6.45) is 0. The first-order chi connectivity index (χ1) is 9.59. The number of rotatable bonds is 1. The van der Waals surface area contributed by atoms with Gasteiger partial charge >= 0.3 is 5.82 Å². The van der Waals surface area contributed by atoms with Crippen molar-refractivity contribution in [3.05, 3.63) is 58.5 Å². The number of halogens is 1. The van der Waals surface area contributed by atoms with Crippen molar-refractivity contribution in [2.75, 3.05) is 5.73 Å². The molecule has 0 spiro atoms. The Labute approximate surface area is 119 Å². The number of para-hydroxylation sites is 2. The van der Waals surface area contributed by atoms with Gasteiger partial charge in [-0.15, -0.1) is 0 Å². The molecule has 0 atom stereocenters. The average molecular weight is 289 g/mol. The van der Waals surface area contributed by atoms with Gasteiger partial charge in [-0.3, -0.25) is 5.73 Å². The van der Waals surface area contributed by atoms with Gasteiger partial charge in [-0.25, -0.2) is 0 Å². The van der Waals surface area contributed by atoms with Gasteiger partial charge in [0.2, 0.25) is 5.52 Å². The Morgan fingerprint density at radius 3 is 2.45 bits per heavy atom. The highest BCUT2D eigenvalue weighted by Crippen LogP contribution is 2.26. The number of hydrogen-bond donors (Lipinski definition) is 2. The quantitative estimate of drug-likeness (QED) is 0.534. The summed E-state index contributed by atoms with van der Waals surface area (Å²) in [5.41, 5.74) is 7.36. The van der Waals surface area contributed by atoms with E-state index < -0.39 is 0 Å². The van der Waals surface area contributed by atoms with Gasteiger partial charge in [0.05, 0.1) is 0 Å². The van der Waals surface area contributed by atoms with Gasteiger partial charge in [0.15, 0.2) is 5.69 Å². The van der Waals surface area contributed by atoms with Crippen LogP contribution in [0.3, 0.4) is 0 Å². The van der Waals surface area contributed by atoms with Crippen molar-refractivity contribution in [3.63, 3.8) is 0 Å². The Balaban J connectivity index is 2.42. The number of nitrogen functional groups attached to an aromatic ring is 1. The molecule has 20 heavy (non-hydrogen) atoms. The van der Waals surface area contributed by atoms with Crippen LogP contribution in [0.5, 0.6) is 0 Å². The number of nitrogens with zero attached hydrogens (tertiary/aromatic N) is 2. The van der Waals surface area contributed by atoms with Gasteiger partial charge in [0.25, 0.3) is 0 Å². The van der Waals surface area contributed by atoms with Crippen molar-refractivity contribution < 1.29 is 9.63 Å². The lowest BCUT2D eigenvalue weighted by Crippen LogP contribution is -2.25. The smallest absolute Gasteiger partial charge is 0.345 e. The Morgan fingerprint density at radius 1 is 1.10 bits per heavy atom. The van der Waals surface area contributed by atoms with Gasteiger partial charge < -0.3 is 5.21 Å². The van der Waals surface area contributed by atoms with Gasteiger partial charge in [-0.1, -0.05) is 40.8 Å². The van der Waals surface area contributed by atoms with E-state index in [1.165, 1.54) is 0 Å². The maximum absolute atomic E-state index is 12.2. The summed E-state index contributed by atoms with van der Waals surface area (Å²) in [6, 6.07) is 13.4. The van der Waals surface area contributed by atoms with Crippen LogP contribution in [0.25, 0.3) is 22.3 Å². The summed E-state index contributed by atoms with van der Waals surface area (Å²) in [5.74, 6) is -0.0754. The molecule has 3 aromatic rings. The van der Waals surface area contributed by atoms with Crippen LogP contribution in [0.4, 0.5) is 5.82 Å². The molecule has 1 heterocycles. The molecule has 0 saturated heterocycles. The lowest BCUT2D eigenvalue weighted by atomic mass is 10.1. The molecular formula is C14H11ClN3O2+. The number of aromatic nitrogens is 2. The van der Waals surface area contributed by atoms with Gasteiger partial charge in [0, 0.05) is 15.0 Å². The first-order valence-corrected chi connectivity index (χ1v) is 6.28. The van der Waals surface area contributed by atoms with E-state index in [4.69, 9.17) is 17.3 Å². The van der Waals surface area contributed by atoms with Gasteiger partial charge in [-0.2, -0.15) is 4.73 Å². The third kappa shape index (κ3) is 1.80. The zero-order valence-corrected chi connectivity index (χ0v) is 11.1. The molecule has 0 bridgehead atoms. The number of benzene rings is 2. The molecule has 1 aromatic heterocycles. The fourth-order valence-corrected chi connectivity index (χ4v) is 2.27. The van der Waals surface area contributed by atoms with Crippen LogP contribution in [-0.2, 0) is 0 Å². The predicted molar refractivity (Wildman–Crippen MR) is 77.3 cm³/mol. The first-order valence-electron chi connectivity index (χ1n) is 5.90. The minimum atomic E-state index is -0.0754. The molecule has 5 nitrogen and oxygen atoms in total. The van der Waals surface area contributed by atoms with Crippen molar-refractivity contribution in [1.82, 2.24) is 4.73 Å². The summed E-state index contributed by atoms with van der Waals surface area (Å²) in [6.45, 7) is 0. The standard InChI is InChI=1S/C14H11ClN3O2/c15-10-7-5-9(6-8-10)13-14(16)18(20)12-4-2-1-3-11(12)17(13)19/h1-8,19H,16H2/q+1. The van der Waals surface area contributed by atoms with Crippen molar-refractivity contribution >= 4 is 28.5 Å². The number of fused-ring (bicyclic) bond motifs is 1. The molecular weight excluding hydrogens is 278 g/mol. The fraction of sp³-hybridized carbons (Fsp3) is 0. The molecule has 100 valence electrons. The Bertz CT molecular complexity index is 857. The topological polar surface area (TPSA) is 74.2 Å². The van der Waals surface area contributed by atoms with E-state index in [1.54, 1.807) is 48.5 Å². The van der Waals surface area contributed by atoms with Gasteiger partial charge in [0.1, 0.15) is 5.52 Å². The first kappa shape index (κ1) is 12.5. The second-order valence-electron chi connectivity index (χ2n) is 4.34. The number of hydrogen-bond acceptors (Lipinski definition) is 3. The van der Waals surface area contributed by atoms with E-state index in [1.807, 2.05) is 0 Å². The van der Waals surface area contributed by atoms with E-state index >= 15 is 0 Å². The summed E-state index contributed by atoms with van der Waals surface area (Å²) in [4.78, 5) is 12.2. The van der Waals surface area contributed by atoms with Crippen LogP contribution in [0.2, 0.25) is 5.02 Å². The van der Waals surface area contributed by atoms with Crippen LogP contribution in [0, 0.1) is 4.91 Å². The highest BCUT2D eigenvalue weighted by Gasteiger charge is 2.21. The maximum atomic E-state index is 12.2. The Morgan fingerprint density at radius 2 is 1.75 bits per heavy atom. The van der Waals surface area contributed by atoms with E-state index in [9.17, 15) is 10.1 Å². The van der Waals surface area contributed by atoms with Crippen molar-refractivity contribution in [3.8, 4) is 11.3 Å². The molecule has 0 fully saturated rings. The van der Waals surface area contributed by atoms with Crippen molar-refractivity contribution in [2.24, 2.45) is 0 Å².